The number of piperidine rings is 1. The van der Waals surface area contributed by atoms with Crippen LogP contribution < -0.4 is 10.6 Å². The molecule has 0 aliphatic carbocycles. The molecule has 0 bridgehead atoms. The quantitative estimate of drug-likeness (QED) is 0.587. The van der Waals surface area contributed by atoms with E-state index in [0.29, 0.717) is 41.5 Å². The molecular formula is C21H19Cl2N3O4S. The SMILES string of the molecule is NC(=O)C1CCN(c2oc(-c3ccc(Cl)cc3)nc2S(=O)(=O)c2ccc(Cl)cc2)CC1. The summed E-state index contributed by atoms with van der Waals surface area (Å²) in [5, 5.41) is 0.782. The molecule has 162 valence electrons. The van der Waals surface area contributed by atoms with E-state index >= 15 is 0 Å². The summed E-state index contributed by atoms with van der Waals surface area (Å²) in [5.41, 5.74) is 6.01. The van der Waals surface area contributed by atoms with Crippen molar-refractivity contribution in [3.05, 3.63) is 58.6 Å². The molecule has 1 aromatic heterocycles. The van der Waals surface area contributed by atoms with Gasteiger partial charge in [0.15, 0.2) is 0 Å². The average Bonchev–Trinajstić information content (AvgIpc) is 3.21. The summed E-state index contributed by atoms with van der Waals surface area (Å²) in [5.74, 6) is -0.293. The average molecular weight is 480 g/mol. The van der Waals surface area contributed by atoms with Gasteiger partial charge in [0.05, 0.1) is 4.90 Å². The van der Waals surface area contributed by atoms with Gasteiger partial charge in [-0.15, -0.1) is 0 Å². The number of halogens is 2. The van der Waals surface area contributed by atoms with E-state index in [9.17, 15) is 13.2 Å². The lowest BCUT2D eigenvalue weighted by Gasteiger charge is -2.30. The smallest absolute Gasteiger partial charge is 0.236 e. The van der Waals surface area contributed by atoms with Crippen LogP contribution in [0.25, 0.3) is 11.5 Å². The first kappa shape index (κ1) is 21.7. The van der Waals surface area contributed by atoms with Gasteiger partial charge < -0.3 is 15.1 Å². The molecule has 2 heterocycles. The topological polar surface area (TPSA) is 106 Å². The Balaban J connectivity index is 1.78. The lowest BCUT2D eigenvalue weighted by Crippen LogP contribution is -2.38. The van der Waals surface area contributed by atoms with Gasteiger partial charge in [-0.3, -0.25) is 4.79 Å². The Morgan fingerprint density at radius 1 is 1.00 bits per heavy atom. The van der Waals surface area contributed by atoms with Crippen LogP contribution in [0.5, 0.6) is 0 Å². The summed E-state index contributed by atoms with van der Waals surface area (Å²) in [6.45, 7) is 0.845. The first-order valence-corrected chi connectivity index (χ1v) is 11.8. The molecule has 1 fully saturated rings. The van der Waals surface area contributed by atoms with Crippen LogP contribution >= 0.6 is 23.2 Å². The van der Waals surface area contributed by atoms with Crippen molar-refractivity contribution in [3.63, 3.8) is 0 Å². The highest BCUT2D eigenvalue weighted by Crippen LogP contribution is 2.36. The Labute approximate surface area is 189 Å². The van der Waals surface area contributed by atoms with Crippen molar-refractivity contribution < 1.29 is 17.6 Å². The number of sulfone groups is 1. The van der Waals surface area contributed by atoms with Gasteiger partial charge in [-0.1, -0.05) is 23.2 Å². The minimum absolute atomic E-state index is 0.0566. The fourth-order valence-electron chi connectivity index (χ4n) is 3.48. The molecule has 1 amide bonds. The molecule has 1 aliphatic heterocycles. The molecule has 7 nitrogen and oxygen atoms in total. The molecule has 2 N–H and O–H groups in total. The first-order valence-electron chi connectivity index (χ1n) is 9.57. The Morgan fingerprint density at radius 3 is 2.10 bits per heavy atom. The van der Waals surface area contributed by atoms with Crippen molar-refractivity contribution in [1.82, 2.24) is 4.98 Å². The summed E-state index contributed by atoms with van der Waals surface area (Å²) >= 11 is 11.9. The Bertz CT molecular complexity index is 1200. The van der Waals surface area contributed by atoms with Gasteiger partial charge in [-0.25, -0.2) is 8.42 Å². The summed E-state index contributed by atoms with van der Waals surface area (Å²) in [4.78, 5) is 17.7. The number of amides is 1. The molecule has 2 aromatic carbocycles. The maximum Gasteiger partial charge on any atom is 0.236 e. The van der Waals surface area contributed by atoms with Gasteiger partial charge in [0, 0.05) is 34.6 Å². The second kappa shape index (κ2) is 8.53. The number of nitrogens with two attached hydrogens (primary N) is 1. The minimum atomic E-state index is -3.98. The van der Waals surface area contributed by atoms with E-state index in [1.54, 1.807) is 29.2 Å². The van der Waals surface area contributed by atoms with Crippen molar-refractivity contribution in [2.75, 3.05) is 18.0 Å². The van der Waals surface area contributed by atoms with E-state index in [0.717, 1.165) is 0 Å². The number of nitrogens with zero attached hydrogens (tertiary/aromatic N) is 2. The van der Waals surface area contributed by atoms with Gasteiger partial charge in [0.2, 0.25) is 32.5 Å². The van der Waals surface area contributed by atoms with Gasteiger partial charge in [0.1, 0.15) is 0 Å². The standard InChI is InChI=1S/C21H19Cl2N3O4S/c22-15-3-1-14(2-4-15)19-25-20(31(28,29)17-7-5-16(23)6-8-17)21(30-19)26-11-9-13(10-12-26)18(24)27/h1-8,13H,9-12H2,(H2,24,27). The number of carbonyl (C=O) groups excluding carboxylic acids is 1. The summed E-state index contributed by atoms with van der Waals surface area (Å²) in [7, 11) is -3.98. The van der Waals surface area contributed by atoms with E-state index < -0.39 is 9.84 Å². The zero-order valence-electron chi connectivity index (χ0n) is 16.3. The van der Waals surface area contributed by atoms with Gasteiger partial charge in [-0.05, 0) is 61.4 Å². The number of hydrogen-bond acceptors (Lipinski definition) is 6. The first-order chi connectivity index (χ1) is 14.8. The molecule has 4 rings (SSSR count). The van der Waals surface area contributed by atoms with Crippen molar-refractivity contribution in [1.29, 1.82) is 0 Å². The fourth-order valence-corrected chi connectivity index (χ4v) is 5.05. The number of primary amides is 1. The molecule has 0 saturated carbocycles. The zero-order valence-corrected chi connectivity index (χ0v) is 18.6. The molecule has 0 spiro atoms. The normalized spacial score (nSPS) is 15.2. The van der Waals surface area contributed by atoms with Crippen LogP contribution in [0.3, 0.4) is 0 Å². The van der Waals surface area contributed by atoms with E-state index in [-0.39, 0.29) is 33.5 Å². The fraction of sp³-hybridized carbons (Fsp3) is 0.238. The Morgan fingerprint density at radius 2 is 1.55 bits per heavy atom. The highest BCUT2D eigenvalue weighted by atomic mass is 35.5. The highest BCUT2D eigenvalue weighted by molar-refractivity contribution is 7.91. The predicted molar refractivity (Wildman–Crippen MR) is 118 cm³/mol. The maximum atomic E-state index is 13.4. The molecule has 0 unspecified atom stereocenters. The lowest BCUT2D eigenvalue weighted by atomic mass is 9.96. The van der Waals surface area contributed by atoms with Crippen molar-refractivity contribution in [3.8, 4) is 11.5 Å². The molecular weight excluding hydrogens is 461 g/mol. The third kappa shape index (κ3) is 4.42. The van der Waals surface area contributed by atoms with E-state index in [1.807, 2.05) is 0 Å². The molecule has 31 heavy (non-hydrogen) atoms. The van der Waals surface area contributed by atoms with E-state index in [2.05, 4.69) is 4.98 Å². The van der Waals surface area contributed by atoms with Crippen LogP contribution in [0.1, 0.15) is 12.8 Å². The Hall–Kier alpha value is -2.55. The Kier molecular flexibility index (Phi) is 5.96. The zero-order chi connectivity index (χ0) is 22.2. The van der Waals surface area contributed by atoms with Crippen LogP contribution in [0, 0.1) is 5.92 Å². The highest BCUT2D eigenvalue weighted by Gasteiger charge is 2.34. The minimum Gasteiger partial charge on any atom is -0.419 e. The number of carbonyl (C=O) groups is 1. The number of oxazole rings is 1. The third-order valence-corrected chi connectivity index (χ3v) is 7.41. The predicted octanol–water partition coefficient (Wildman–Crippen LogP) is 4.18. The van der Waals surface area contributed by atoms with Crippen molar-refractivity contribution in [2.45, 2.75) is 22.8 Å². The molecule has 0 atom stereocenters. The van der Waals surface area contributed by atoms with Crippen LogP contribution in [0.4, 0.5) is 5.88 Å². The number of hydrogen-bond donors (Lipinski definition) is 1. The van der Waals surface area contributed by atoms with Gasteiger partial charge in [-0.2, -0.15) is 4.98 Å². The number of rotatable bonds is 5. The molecule has 1 aliphatic rings. The van der Waals surface area contributed by atoms with Crippen LogP contribution in [0.2, 0.25) is 10.0 Å². The largest absolute Gasteiger partial charge is 0.419 e. The van der Waals surface area contributed by atoms with Crippen LogP contribution in [-0.2, 0) is 14.6 Å². The second-order valence-electron chi connectivity index (χ2n) is 7.26. The van der Waals surface area contributed by atoms with E-state index in [4.69, 9.17) is 33.4 Å². The van der Waals surface area contributed by atoms with Crippen LogP contribution in [0.15, 0.2) is 62.9 Å². The molecule has 1 saturated heterocycles. The lowest BCUT2D eigenvalue weighted by molar-refractivity contribution is -0.122. The summed E-state index contributed by atoms with van der Waals surface area (Å²) in [6, 6.07) is 12.6. The maximum absolute atomic E-state index is 13.4. The van der Waals surface area contributed by atoms with Crippen LogP contribution in [-0.4, -0.2) is 32.4 Å². The number of benzene rings is 2. The van der Waals surface area contributed by atoms with E-state index in [1.165, 1.54) is 24.3 Å². The molecule has 3 aromatic rings. The monoisotopic (exact) mass is 479 g/mol. The number of aromatic nitrogens is 1. The molecule has 0 radical (unpaired) electrons. The van der Waals surface area contributed by atoms with Crippen molar-refractivity contribution >= 4 is 44.8 Å². The summed E-state index contributed by atoms with van der Waals surface area (Å²) in [6.07, 6.45) is 1.01. The second-order valence-corrected chi connectivity index (χ2v) is 10.00. The van der Waals surface area contributed by atoms with Gasteiger partial charge >= 0.3 is 0 Å². The summed E-state index contributed by atoms with van der Waals surface area (Å²) < 4.78 is 32.7. The molecule has 10 heteroatoms. The third-order valence-electron chi connectivity index (χ3n) is 5.23. The van der Waals surface area contributed by atoms with Crippen molar-refractivity contribution in [2.24, 2.45) is 11.7 Å². The number of anilines is 1. The van der Waals surface area contributed by atoms with Gasteiger partial charge in [0.25, 0.3) is 0 Å².